The van der Waals surface area contributed by atoms with Crippen LogP contribution in [0.1, 0.15) is 43.2 Å². The van der Waals surface area contributed by atoms with Crippen molar-refractivity contribution in [2.24, 2.45) is 11.1 Å². The van der Waals surface area contributed by atoms with Gasteiger partial charge in [-0.1, -0.05) is 19.3 Å². The molecule has 1 aliphatic rings. The van der Waals surface area contributed by atoms with Gasteiger partial charge in [-0.05, 0) is 55.9 Å². The van der Waals surface area contributed by atoms with Gasteiger partial charge < -0.3 is 4.74 Å². The Kier molecular flexibility index (Phi) is 4.70. The van der Waals surface area contributed by atoms with Crippen LogP contribution in [0.15, 0.2) is 17.0 Å². The number of rotatable bonds is 4. The number of sulfonamides is 1. The first-order valence-electron chi connectivity index (χ1n) is 7.15. The lowest BCUT2D eigenvalue weighted by Gasteiger charge is -2.22. The molecule has 0 heterocycles. The normalized spacial score (nSPS) is 17.1. The van der Waals surface area contributed by atoms with Gasteiger partial charge in [-0.15, -0.1) is 0 Å². The van der Waals surface area contributed by atoms with Crippen molar-refractivity contribution in [3.05, 3.63) is 23.3 Å². The highest BCUT2D eigenvalue weighted by Gasteiger charge is 2.17. The van der Waals surface area contributed by atoms with Crippen LogP contribution in [0.3, 0.4) is 0 Å². The molecule has 0 aromatic heterocycles. The largest absolute Gasteiger partial charge is 0.493 e. The molecule has 1 aromatic carbocycles. The van der Waals surface area contributed by atoms with E-state index in [0.29, 0.717) is 11.5 Å². The standard InChI is InChI=1S/C15H23NO3S/c1-11-9-15(20(16,17)18)12(2)8-14(11)19-10-13-6-4-3-5-7-13/h8-9,13H,3-7,10H2,1-2H3,(H2,16,17,18). The number of hydrogen-bond acceptors (Lipinski definition) is 3. The van der Waals surface area contributed by atoms with Gasteiger partial charge >= 0.3 is 0 Å². The third-order valence-corrected chi connectivity index (χ3v) is 5.03. The fourth-order valence-electron chi connectivity index (χ4n) is 2.79. The molecule has 0 atom stereocenters. The zero-order chi connectivity index (χ0) is 14.8. The lowest BCUT2D eigenvalue weighted by Crippen LogP contribution is -2.17. The maximum atomic E-state index is 11.5. The Morgan fingerprint density at radius 1 is 1.15 bits per heavy atom. The van der Waals surface area contributed by atoms with Crippen molar-refractivity contribution in [1.82, 2.24) is 0 Å². The van der Waals surface area contributed by atoms with Crippen molar-refractivity contribution in [3.63, 3.8) is 0 Å². The van der Waals surface area contributed by atoms with Crippen LogP contribution >= 0.6 is 0 Å². The zero-order valence-corrected chi connectivity index (χ0v) is 13.0. The first-order valence-corrected chi connectivity index (χ1v) is 8.69. The predicted molar refractivity (Wildman–Crippen MR) is 79.4 cm³/mol. The summed E-state index contributed by atoms with van der Waals surface area (Å²) in [4.78, 5) is 0.181. The molecular weight excluding hydrogens is 274 g/mol. The summed E-state index contributed by atoms with van der Waals surface area (Å²) in [5.41, 5.74) is 1.45. The highest BCUT2D eigenvalue weighted by molar-refractivity contribution is 7.89. The fraction of sp³-hybridized carbons (Fsp3) is 0.600. The van der Waals surface area contributed by atoms with Gasteiger partial charge in [-0.3, -0.25) is 0 Å². The summed E-state index contributed by atoms with van der Waals surface area (Å²) in [6.07, 6.45) is 6.37. The van der Waals surface area contributed by atoms with Crippen LogP contribution in [0.2, 0.25) is 0 Å². The summed E-state index contributed by atoms with van der Waals surface area (Å²) in [6.45, 7) is 4.31. The van der Waals surface area contributed by atoms with Crippen LogP contribution in [0.5, 0.6) is 5.75 Å². The second-order valence-corrected chi connectivity index (χ2v) is 7.27. The molecule has 0 aliphatic heterocycles. The smallest absolute Gasteiger partial charge is 0.238 e. The number of benzene rings is 1. The molecule has 0 unspecified atom stereocenters. The highest BCUT2D eigenvalue weighted by Crippen LogP contribution is 2.28. The van der Waals surface area contributed by atoms with Gasteiger partial charge in [-0.2, -0.15) is 0 Å². The first kappa shape index (κ1) is 15.3. The molecule has 0 spiro atoms. The predicted octanol–water partition coefficient (Wildman–Crippen LogP) is 2.91. The monoisotopic (exact) mass is 297 g/mol. The van der Waals surface area contributed by atoms with Crippen LogP contribution in [-0.4, -0.2) is 15.0 Å². The average molecular weight is 297 g/mol. The van der Waals surface area contributed by atoms with E-state index in [1.807, 2.05) is 6.92 Å². The Balaban J connectivity index is 2.11. The van der Waals surface area contributed by atoms with Gasteiger partial charge in [0, 0.05) is 0 Å². The molecule has 4 nitrogen and oxygen atoms in total. The maximum absolute atomic E-state index is 11.5. The SMILES string of the molecule is Cc1cc(S(N)(=O)=O)c(C)cc1OCC1CCCCC1. The number of aryl methyl sites for hydroxylation is 2. The van der Waals surface area contributed by atoms with Gasteiger partial charge in [-0.25, -0.2) is 13.6 Å². The van der Waals surface area contributed by atoms with Crippen molar-refractivity contribution in [3.8, 4) is 5.75 Å². The number of ether oxygens (including phenoxy) is 1. The molecule has 1 aliphatic carbocycles. The quantitative estimate of drug-likeness (QED) is 0.929. The van der Waals surface area contributed by atoms with Gasteiger partial charge in [0.15, 0.2) is 0 Å². The summed E-state index contributed by atoms with van der Waals surface area (Å²) < 4.78 is 28.8. The zero-order valence-electron chi connectivity index (χ0n) is 12.2. The summed E-state index contributed by atoms with van der Waals surface area (Å²) in [5.74, 6) is 1.39. The Bertz CT molecular complexity index is 575. The minimum absolute atomic E-state index is 0.181. The van der Waals surface area contributed by atoms with E-state index in [4.69, 9.17) is 9.88 Å². The molecule has 5 heteroatoms. The molecule has 0 amide bonds. The Labute approximate surface area is 121 Å². The van der Waals surface area contributed by atoms with Crippen molar-refractivity contribution in [2.75, 3.05) is 6.61 Å². The van der Waals surface area contributed by atoms with Crippen LogP contribution in [0.4, 0.5) is 0 Å². The molecule has 1 saturated carbocycles. The van der Waals surface area contributed by atoms with E-state index in [0.717, 1.165) is 17.9 Å². The van der Waals surface area contributed by atoms with E-state index in [1.165, 1.54) is 32.1 Å². The molecule has 20 heavy (non-hydrogen) atoms. The molecule has 0 bridgehead atoms. The van der Waals surface area contributed by atoms with E-state index in [-0.39, 0.29) is 4.90 Å². The molecule has 2 rings (SSSR count). The lowest BCUT2D eigenvalue weighted by molar-refractivity contribution is 0.207. The first-order chi connectivity index (χ1) is 9.38. The van der Waals surface area contributed by atoms with Crippen LogP contribution in [0, 0.1) is 19.8 Å². The van der Waals surface area contributed by atoms with Gasteiger partial charge in [0.05, 0.1) is 11.5 Å². The van der Waals surface area contributed by atoms with Gasteiger partial charge in [0.1, 0.15) is 5.75 Å². The van der Waals surface area contributed by atoms with E-state index in [1.54, 1.807) is 19.1 Å². The summed E-state index contributed by atoms with van der Waals surface area (Å²) in [6, 6.07) is 3.37. The highest BCUT2D eigenvalue weighted by atomic mass is 32.2. The van der Waals surface area contributed by atoms with Crippen molar-refractivity contribution in [2.45, 2.75) is 50.8 Å². The van der Waals surface area contributed by atoms with E-state index in [9.17, 15) is 8.42 Å². The van der Waals surface area contributed by atoms with E-state index < -0.39 is 10.0 Å². The summed E-state index contributed by atoms with van der Waals surface area (Å²) >= 11 is 0. The average Bonchev–Trinajstić information content (AvgIpc) is 2.39. The topological polar surface area (TPSA) is 69.4 Å². The summed E-state index contributed by atoms with van der Waals surface area (Å²) in [5, 5.41) is 5.20. The van der Waals surface area contributed by atoms with Crippen molar-refractivity contribution in [1.29, 1.82) is 0 Å². The molecule has 112 valence electrons. The van der Waals surface area contributed by atoms with E-state index >= 15 is 0 Å². The van der Waals surface area contributed by atoms with Gasteiger partial charge in [0.25, 0.3) is 0 Å². The second kappa shape index (κ2) is 6.14. The molecule has 1 fully saturated rings. The molecule has 0 radical (unpaired) electrons. The van der Waals surface area contributed by atoms with Gasteiger partial charge in [0.2, 0.25) is 10.0 Å². The Morgan fingerprint density at radius 3 is 2.40 bits per heavy atom. The van der Waals surface area contributed by atoms with Crippen LogP contribution in [-0.2, 0) is 10.0 Å². The third kappa shape index (κ3) is 3.73. The molecular formula is C15H23NO3S. The van der Waals surface area contributed by atoms with Crippen molar-refractivity contribution >= 4 is 10.0 Å². The van der Waals surface area contributed by atoms with Crippen molar-refractivity contribution < 1.29 is 13.2 Å². The minimum Gasteiger partial charge on any atom is -0.493 e. The number of nitrogens with two attached hydrogens (primary N) is 1. The van der Waals surface area contributed by atoms with E-state index in [2.05, 4.69) is 0 Å². The number of hydrogen-bond donors (Lipinski definition) is 1. The second-order valence-electron chi connectivity index (χ2n) is 5.74. The molecule has 0 saturated heterocycles. The fourth-order valence-corrected chi connectivity index (χ4v) is 3.64. The third-order valence-electron chi connectivity index (χ3n) is 3.98. The lowest BCUT2D eigenvalue weighted by atomic mass is 9.90. The Morgan fingerprint density at radius 2 is 1.80 bits per heavy atom. The van der Waals surface area contributed by atoms with Crippen LogP contribution in [0.25, 0.3) is 0 Å². The number of primary sulfonamides is 1. The molecule has 2 N–H and O–H groups in total. The van der Waals surface area contributed by atoms with Crippen LogP contribution < -0.4 is 9.88 Å². The minimum atomic E-state index is -3.66. The summed E-state index contributed by atoms with van der Waals surface area (Å²) in [7, 11) is -3.66. The Hall–Kier alpha value is -1.07. The molecule has 1 aromatic rings. The maximum Gasteiger partial charge on any atom is 0.238 e.